The molecule has 0 aromatic heterocycles. The van der Waals surface area contributed by atoms with E-state index in [9.17, 15) is 13.2 Å². The van der Waals surface area contributed by atoms with E-state index in [1.54, 1.807) is 25.3 Å². The Balaban J connectivity index is 1.62. The highest BCUT2D eigenvalue weighted by molar-refractivity contribution is 7.89. The number of methoxy groups -OCH3 is 1. The van der Waals surface area contributed by atoms with Crippen LogP contribution in [0.2, 0.25) is 0 Å². The second kappa shape index (κ2) is 9.29. The Morgan fingerprint density at radius 2 is 1.97 bits per heavy atom. The topological polar surface area (TPSA) is 84.9 Å². The van der Waals surface area contributed by atoms with E-state index in [0.717, 1.165) is 18.4 Å². The molecule has 7 nitrogen and oxygen atoms in total. The molecule has 8 heteroatoms. The number of nitrogens with zero attached hydrogens (tertiary/aromatic N) is 1. The number of fused-ring (bicyclic) bond motifs is 2. The van der Waals surface area contributed by atoms with Gasteiger partial charge in [0.15, 0.2) is 0 Å². The molecule has 1 heterocycles. The standard InChI is InChI=1S/C25H38N2O5S/c1-24(2)20-9-10-25(3,17-20)23(24)26-22(28)19-8-7-18(6-5-13-31-4)21(16-19)33(29,30)27-11-14-32-15-12-27/h7-8,16,20,23H,5-6,9-15,17H2,1-4H3,(H,26,28). The smallest absolute Gasteiger partial charge is 0.251 e. The number of aryl methyl sites for hydroxylation is 1. The fourth-order valence-electron chi connectivity index (χ4n) is 6.35. The van der Waals surface area contributed by atoms with Crippen molar-refractivity contribution in [2.75, 3.05) is 40.0 Å². The second-order valence-electron chi connectivity index (χ2n) is 10.8. The minimum Gasteiger partial charge on any atom is -0.385 e. The summed E-state index contributed by atoms with van der Waals surface area (Å²) in [5.74, 6) is 0.428. The number of sulfonamides is 1. The van der Waals surface area contributed by atoms with Gasteiger partial charge in [-0.3, -0.25) is 4.79 Å². The molecule has 3 aliphatic rings. The molecule has 3 atom stereocenters. The lowest BCUT2D eigenvalue weighted by atomic mass is 9.68. The van der Waals surface area contributed by atoms with Gasteiger partial charge in [-0.15, -0.1) is 0 Å². The first-order valence-corrected chi connectivity index (χ1v) is 13.5. The lowest BCUT2D eigenvalue weighted by Crippen LogP contribution is -2.52. The van der Waals surface area contributed by atoms with E-state index < -0.39 is 10.0 Å². The van der Waals surface area contributed by atoms with Crippen molar-refractivity contribution in [2.24, 2.45) is 16.7 Å². The Bertz CT molecular complexity index is 982. The van der Waals surface area contributed by atoms with Crippen LogP contribution in [0.15, 0.2) is 23.1 Å². The van der Waals surface area contributed by atoms with E-state index in [4.69, 9.17) is 9.47 Å². The molecule has 33 heavy (non-hydrogen) atoms. The summed E-state index contributed by atoms with van der Waals surface area (Å²) >= 11 is 0. The van der Waals surface area contributed by atoms with Crippen molar-refractivity contribution in [1.29, 1.82) is 0 Å². The molecule has 0 radical (unpaired) electrons. The van der Waals surface area contributed by atoms with Gasteiger partial charge in [0, 0.05) is 38.4 Å². The van der Waals surface area contributed by atoms with Crippen molar-refractivity contribution >= 4 is 15.9 Å². The molecule has 3 unspecified atom stereocenters. The highest BCUT2D eigenvalue weighted by atomic mass is 32.2. The Hall–Kier alpha value is -1.48. The summed E-state index contributed by atoms with van der Waals surface area (Å²) in [5, 5.41) is 3.30. The van der Waals surface area contributed by atoms with Crippen LogP contribution < -0.4 is 5.32 Å². The van der Waals surface area contributed by atoms with Crippen LogP contribution in [-0.2, 0) is 25.9 Å². The largest absolute Gasteiger partial charge is 0.385 e. The van der Waals surface area contributed by atoms with Gasteiger partial charge in [-0.2, -0.15) is 4.31 Å². The highest BCUT2D eigenvalue weighted by Gasteiger charge is 2.59. The van der Waals surface area contributed by atoms with E-state index in [-0.39, 0.29) is 27.7 Å². The van der Waals surface area contributed by atoms with Crippen LogP contribution in [-0.4, -0.2) is 64.7 Å². The maximum atomic E-state index is 13.5. The van der Waals surface area contributed by atoms with Crippen LogP contribution in [0.1, 0.15) is 62.4 Å². The Labute approximate surface area is 198 Å². The Morgan fingerprint density at radius 3 is 2.61 bits per heavy atom. The van der Waals surface area contributed by atoms with Gasteiger partial charge >= 0.3 is 0 Å². The third-order valence-electron chi connectivity index (χ3n) is 8.26. The average Bonchev–Trinajstić information content (AvgIpc) is 3.28. The van der Waals surface area contributed by atoms with E-state index >= 15 is 0 Å². The number of morpholine rings is 1. The molecule has 2 aliphatic carbocycles. The molecule has 1 aliphatic heterocycles. The minimum absolute atomic E-state index is 0.0332. The van der Waals surface area contributed by atoms with Crippen molar-refractivity contribution in [1.82, 2.24) is 9.62 Å². The first kappa shape index (κ1) is 24.6. The lowest BCUT2D eigenvalue weighted by Gasteiger charge is -2.43. The van der Waals surface area contributed by atoms with Gasteiger partial charge in [0.05, 0.1) is 18.1 Å². The zero-order chi connectivity index (χ0) is 23.9. The van der Waals surface area contributed by atoms with E-state index in [2.05, 4.69) is 26.1 Å². The number of ether oxygens (including phenoxy) is 2. The quantitative estimate of drug-likeness (QED) is 0.580. The van der Waals surface area contributed by atoms with Gasteiger partial charge in [0.2, 0.25) is 10.0 Å². The van der Waals surface area contributed by atoms with Crippen LogP contribution in [0.3, 0.4) is 0 Å². The SMILES string of the molecule is COCCCc1ccc(C(=O)NC2C3(C)CCC(C3)C2(C)C)cc1S(=O)(=O)N1CCOCC1. The molecular weight excluding hydrogens is 440 g/mol. The number of amides is 1. The summed E-state index contributed by atoms with van der Waals surface area (Å²) < 4.78 is 39.0. The summed E-state index contributed by atoms with van der Waals surface area (Å²) in [4.78, 5) is 13.6. The summed E-state index contributed by atoms with van der Waals surface area (Å²) in [7, 11) is -2.09. The van der Waals surface area contributed by atoms with Crippen LogP contribution in [0.4, 0.5) is 0 Å². The van der Waals surface area contributed by atoms with Crippen molar-refractivity contribution < 1.29 is 22.7 Å². The zero-order valence-corrected chi connectivity index (χ0v) is 21.2. The Kier molecular flexibility index (Phi) is 6.93. The van der Waals surface area contributed by atoms with Crippen LogP contribution in [0.25, 0.3) is 0 Å². The summed E-state index contributed by atoms with van der Waals surface area (Å²) in [6.45, 7) is 8.75. The number of hydrogen-bond donors (Lipinski definition) is 1. The summed E-state index contributed by atoms with van der Waals surface area (Å²) in [6.07, 6.45) is 4.77. The van der Waals surface area contributed by atoms with Gasteiger partial charge in [-0.05, 0) is 66.5 Å². The average molecular weight is 479 g/mol. The molecule has 1 aromatic rings. The molecule has 0 spiro atoms. The van der Waals surface area contributed by atoms with E-state index in [1.165, 1.54) is 10.7 Å². The molecule has 3 fully saturated rings. The zero-order valence-electron chi connectivity index (χ0n) is 20.4. The molecule has 2 bridgehead atoms. The highest BCUT2D eigenvalue weighted by Crippen LogP contribution is 2.62. The molecule has 4 rings (SSSR count). The maximum Gasteiger partial charge on any atom is 0.251 e. The summed E-state index contributed by atoms with van der Waals surface area (Å²) in [6, 6.07) is 5.21. The number of carbonyl (C=O) groups excluding carboxylic acids is 1. The molecule has 1 amide bonds. The van der Waals surface area contributed by atoms with Crippen molar-refractivity contribution in [2.45, 2.75) is 63.8 Å². The fraction of sp³-hybridized carbons (Fsp3) is 0.720. The number of carbonyl (C=O) groups is 1. The first-order chi connectivity index (χ1) is 15.6. The number of nitrogens with one attached hydrogen (secondary N) is 1. The molecule has 1 aromatic carbocycles. The van der Waals surface area contributed by atoms with Gasteiger partial charge in [-0.1, -0.05) is 26.8 Å². The van der Waals surface area contributed by atoms with Gasteiger partial charge < -0.3 is 14.8 Å². The third kappa shape index (κ3) is 4.59. The Morgan fingerprint density at radius 1 is 1.24 bits per heavy atom. The molecule has 184 valence electrons. The molecule has 1 saturated heterocycles. The summed E-state index contributed by atoms with van der Waals surface area (Å²) in [5.41, 5.74) is 1.26. The second-order valence-corrected chi connectivity index (χ2v) is 12.7. The molecular formula is C25H38N2O5S. The normalized spacial score (nSPS) is 29.3. The molecule has 2 saturated carbocycles. The monoisotopic (exact) mass is 478 g/mol. The lowest BCUT2D eigenvalue weighted by molar-refractivity contribution is 0.0728. The maximum absolute atomic E-state index is 13.5. The van der Waals surface area contributed by atoms with Gasteiger partial charge in [0.1, 0.15) is 0 Å². The van der Waals surface area contributed by atoms with Crippen LogP contribution >= 0.6 is 0 Å². The number of hydrogen-bond acceptors (Lipinski definition) is 5. The van der Waals surface area contributed by atoms with Gasteiger partial charge in [-0.25, -0.2) is 8.42 Å². The van der Waals surface area contributed by atoms with E-state index in [0.29, 0.717) is 57.2 Å². The fourth-order valence-corrected chi connectivity index (χ4v) is 8.04. The number of rotatable bonds is 8. The van der Waals surface area contributed by atoms with E-state index in [1.807, 2.05) is 0 Å². The predicted octanol–water partition coefficient (Wildman–Crippen LogP) is 3.23. The van der Waals surface area contributed by atoms with Crippen molar-refractivity contribution in [3.8, 4) is 0 Å². The third-order valence-corrected chi connectivity index (χ3v) is 10.2. The molecule has 1 N–H and O–H groups in total. The van der Waals surface area contributed by atoms with Crippen LogP contribution in [0.5, 0.6) is 0 Å². The van der Waals surface area contributed by atoms with Crippen LogP contribution in [0, 0.1) is 16.7 Å². The predicted molar refractivity (Wildman–Crippen MR) is 127 cm³/mol. The first-order valence-electron chi connectivity index (χ1n) is 12.1. The van der Waals surface area contributed by atoms with Crippen molar-refractivity contribution in [3.63, 3.8) is 0 Å². The minimum atomic E-state index is -3.72. The number of benzene rings is 1. The van der Waals surface area contributed by atoms with Crippen molar-refractivity contribution in [3.05, 3.63) is 29.3 Å². The van der Waals surface area contributed by atoms with Gasteiger partial charge in [0.25, 0.3) is 5.91 Å².